The second kappa shape index (κ2) is 4.48. The van der Waals surface area contributed by atoms with Crippen LogP contribution in [0.4, 0.5) is 4.39 Å². The Labute approximate surface area is 113 Å². The molecule has 2 heterocycles. The maximum atomic E-state index is 13.8. The van der Waals surface area contributed by atoms with E-state index in [0.29, 0.717) is 11.3 Å². The van der Waals surface area contributed by atoms with Gasteiger partial charge in [0.25, 0.3) is 0 Å². The number of benzene rings is 1. The van der Waals surface area contributed by atoms with Gasteiger partial charge in [0.05, 0.1) is 12.1 Å². The Hall–Kier alpha value is -2.63. The number of hydrogen-bond acceptors (Lipinski definition) is 4. The molecule has 5 nitrogen and oxygen atoms in total. The van der Waals surface area contributed by atoms with Crippen molar-refractivity contribution in [3.63, 3.8) is 0 Å². The van der Waals surface area contributed by atoms with E-state index in [9.17, 15) is 14.3 Å². The lowest BCUT2D eigenvalue weighted by Crippen LogP contribution is -2.15. The van der Waals surface area contributed by atoms with Gasteiger partial charge < -0.3 is 15.6 Å². The summed E-state index contributed by atoms with van der Waals surface area (Å²) >= 11 is 0. The number of aromatic nitrogens is 1. The van der Waals surface area contributed by atoms with Gasteiger partial charge in [-0.3, -0.25) is 9.78 Å². The number of fused-ring (bicyclic) bond motifs is 3. The molecule has 6 heteroatoms. The fourth-order valence-electron chi connectivity index (χ4n) is 2.22. The first-order valence-electron chi connectivity index (χ1n) is 5.97. The molecule has 0 atom stereocenters. The number of primary amides is 1. The molecule has 1 aliphatic heterocycles. The van der Waals surface area contributed by atoms with Gasteiger partial charge in [0, 0.05) is 17.3 Å². The van der Waals surface area contributed by atoms with Crippen LogP contribution in [-0.2, 0) is 17.8 Å². The minimum Gasteiger partial charge on any atom is -0.505 e. The number of aromatic hydroxyl groups is 1. The summed E-state index contributed by atoms with van der Waals surface area (Å²) in [6, 6.07) is 4.53. The van der Waals surface area contributed by atoms with Gasteiger partial charge in [-0.1, -0.05) is 0 Å². The Morgan fingerprint density at radius 2 is 2.25 bits per heavy atom. The number of carbonyl (C=O) groups is 1. The summed E-state index contributed by atoms with van der Waals surface area (Å²) in [5.41, 5.74) is 7.70. The van der Waals surface area contributed by atoms with E-state index in [1.165, 1.54) is 6.07 Å². The molecule has 0 unspecified atom stereocenters. The summed E-state index contributed by atoms with van der Waals surface area (Å²) in [5.74, 6) is -1.73. The molecule has 3 rings (SSSR count). The van der Waals surface area contributed by atoms with Crippen LogP contribution in [0.1, 0.15) is 11.3 Å². The Morgan fingerprint density at radius 1 is 1.45 bits per heavy atom. The van der Waals surface area contributed by atoms with E-state index in [2.05, 4.69) is 4.98 Å². The number of hydrogen-bond donors (Lipinski definition) is 2. The molecule has 0 fully saturated rings. The number of halogens is 1. The molecule has 0 aliphatic carbocycles. The van der Waals surface area contributed by atoms with Crippen LogP contribution in [0, 0.1) is 5.82 Å². The highest BCUT2D eigenvalue weighted by atomic mass is 19.1. The topological polar surface area (TPSA) is 85.4 Å². The van der Waals surface area contributed by atoms with Crippen molar-refractivity contribution in [1.82, 2.24) is 4.98 Å². The SMILES string of the molecule is NC(=O)Cc1cc2c(cn1)COc1c-2ccc(O)c1F. The van der Waals surface area contributed by atoms with Crippen LogP contribution in [0.25, 0.3) is 11.1 Å². The fraction of sp³-hybridized carbons (Fsp3) is 0.143. The average Bonchev–Trinajstić information content (AvgIpc) is 2.42. The third-order valence-corrected chi connectivity index (χ3v) is 3.14. The maximum absolute atomic E-state index is 13.8. The van der Waals surface area contributed by atoms with Crippen LogP contribution in [0.2, 0.25) is 0 Å². The van der Waals surface area contributed by atoms with Crippen molar-refractivity contribution in [3.05, 3.63) is 41.5 Å². The molecule has 0 saturated heterocycles. The Kier molecular flexibility index (Phi) is 2.78. The van der Waals surface area contributed by atoms with E-state index in [-0.39, 0.29) is 18.8 Å². The summed E-state index contributed by atoms with van der Waals surface area (Å²) in [6.45, 7) is 0.159. The lowest BCUT2D eigenvalue weighted by atomic mass is 9.97. The third kappa shape index (κ3) is 1.95. The number of carbonyl (C=O) groups excluding carboxylic acids is 1. The molecule has 1 aliphatic rings. The van der Waals surface area contributed by atoms with Gasteiger partial charge in [0.2, 0.25) is 11.7 Å². The molecule has 0 saturated carbocycles. The zero-order chi connectivity index (χ0) is 14.3. The largest absolute Gasteiger partial charge is 0.505 e. The summed E-state index contributed by atoms with van der Waals surface area (Å²) < 4.78 is 19.1. The normalized spacial score (nSPS) is 12.2. The molecule has 2 aromatic rings. The van der Waals surface area contributed by atoms with Gasteiger partial charge in [0.1, 0.15) is 6.61 Å². The monoisotopic (exact) mass is 274 g/mol. The quantitative estimate of drug-likeness (QED) is 0.869. The van der Waals surface area contributed by atoms with Crippen LogP contribution >= 0.6 is 0 Å². The van der Waals surface area contributed by atoms with Gasteiger partial charge in [-0.25, -0.2) is 0 Å². The van der Waals surface area contributed by atoms with Crippen molar-refractivity contribution in [2.75, 3.05) is 0 Å². The maximum Gasteiger partial charge on any atom is 0.223 e. The standard InChI is InChI=1S/C14H11FN2O3/c15-13-11(18)2-1-9-10-3-8(4-12(16)19)17-5-7(10)6-20-14(9)13/h1-3,5,18H,4,6H2,(H2,16,19). The number of amides is 1. The number of phenolic OH excluding ortho intramolecular Hbond substituents is 1. The highest BCUT2D eigenvalue weighted by Gasteiger charge is 2.23. The molecule has 20 heavy (non-hydrogen) atoms. The van der Waals surface area contributed by atoms with Crippen molar-refractivity contribution in [1.29, 1.82) is 0 Å². The molecule has 1 aromatic carbocycles. The first-order valence-corrected chi connectivity index (χ1v) is 5.97. The van der Waals surface area contributed by atoms with Crippen LogP contribution < -0.4 is 10.5 Å². The molecular weight excluding hydrogens is 263 g/mol. The van der Waals surface area contributed by atoms with Crippen molar-refractivity contribution < 1.29 is 19.0 Å². The predicted octanol–water partition coefficient (Wildman–Crippen LogP) is 1.51. The zero-order valence-corrected chi connectivity index (χ0v) is 10.4. The van der Waals surface area contributed by atoms with Gasteiger partial charge in [-0.15, -0.1) is 0 Å². The van der Waals surface area contributed by atoms with Crippen molar-refractivity contribution in [3.8, 4) is 22.6 Å². The molecule has 1 aromatic heterocycles. The first-order chi connectivity index (χ1) is 9.56. The number of pyridine rings is 1. The van der Waals surface area contributed by atoms with Gasteiger partial charge >= 0.3 is 0 Å². The minimum atomic E-state index is -0.790. The second-order valence-corrected chi connectivity index (χ2v) is 4.54. The Morgan fingerprint density at radius 3 is 3.00 bits per heavy atom. The molecule has 0 spiro atoms. The van der Waals surface area contributed by atoms with E-state index in [0.717, 1.165) is 11.1 Å². The number of nitrogens with zero attached hydrogens (tertiary/aromatic N) is 1. The second-order valence-electron chi connectivity index (χ2n) is 4.54. The number of ether oxygens (including phenoxy) is 1. The highest BCUT2D eigenvalue weighted by molar-refractivity contribution is 5.79. The van der Waals surface area contributed by atoms with Crippen LogP contribution in [0.3, 0.4) is 0 Å². The highest BCUT2D eigenvalue weighted by Crippen LogP contribution is 2.41. The molecular formula is C14H11FN2O3. The molecule has 1 amide bonds. The predicted molar refractivity (Wildman–Crippen MR) is 68.5 cm³/mol. The van der Waals surface area contributed by atoms with E-state index in [1.807, 2.05) is 0 Å². The summed E-state index contributed by atoms with van der Waals surface area (Å²) in [7, 11) is 0. The summed E-state index contributed by atoms with van der Waals surface area (Å²) in [6.07, 6.45) is 1.60. The molecule has 0 radical (unpaired) electrons. The number of rotatable bonds is 2. The van der Waals surface area contributed by atoms with Crippen molar-refractivity contribution >= 4 is 5.91 Å². The van der Waals surface area contributed by atoms with Gasteiger partial charge in [0.15, 0.2) is 11.5 Å². The van der Waals surface area contributed by atoms with Crippen LogP contribution in [0.15, 0.2) is 24.4 Å². The van der Waals surface area contributed by atoms with Crippen molar-refractivity contribution in [2.24, 2.45) is 5.73 Å². The lowest BCUT2D eigenvalue weighted by Gasteiger charge is -2.21. The van der Waals surface area contributed by atoms with Crippen molar-refractivity contribution in [2.45, 2.75) is 13.0 Å². The summed E-state index contributed by atoms with van der Waals surface area (Å²) in [5, 5.41) is 9.37. The Bertz CT molecular complexity index is 716. The van der Waals surface area contributed by atoms with Crippen LogP contribution in [0.5, 0.6) is 11.5 Å². The minimum absolute atomic E-state index is 0.00808. The fourth-order valence-corrected chi connectivity index (χ4v) is 2.22. The van der Waals surface area contributed by atoms with Crippen LogP contribution in [-0.4, -0.2) is 16.0 Å². The Balaban J connectivity index is 2.14. The molecule has 102 valence electrons. The van der Waals surface area contributed by atoms with Gasteiger partial charge in [-0.05, 0) is 23.8 Å². The third-order valence-electron chi connectivity index (χ3n) is 3.14. The number of phenols is 1. The van der Waals surface area contributed by atoms with Gasteiger partial charge in [-0.2, -0.15) is 4.39 Å². The smallest absolute Gasteiger partial charge is 0.223 e. The molecule has 0 bridgehead atoms. The van der Waals surface area contributed by atoms with E-state index >= 15 is 0 Å². The lowest BCUT2D eigenvalue weighted by molar-refractivity contribution is -0.117. The molecule has 3 N–H and O–H groups in total. The number of nitrogens with two attached hydrogens (primary N) is 1. The first kappa shape index (κ1) is 12.4. The van der Waals surface area contributed by atoms with E-state index in [1.54, 1.807) is 18.3 Å². The average molecular weight is 274 g/mol. The zero-order valence-electron chi connectivity index (χ0n) is 10.4. The summed E-state index contributed by atoms with van der Waals surface area (Å²) in [4.78, 5) is 15.1. The van der Waals surface area contributed by atoms with E-state index in [4.69, 9.17) is 10.5 Å². The van der Waals surface area contributed by atoms with E-state index < -0.39 is 17.5 Å².